The molecule has 1 nitrogen and oxygen atoms in total. The van der Waals surface area contributed by atoms with Gasteiger partial charge < -0.3 is 5.32 Å². The van der Waals surface area contributed by atoms with Crippen molar-refractivity contribution in [1.29, 1.82) is 0 Å². The van der Waals surface area contributed by atoms with Crippen LogP contribution in [-0.2, 0) is 11.8 Å². The molecular formula is C16H27NSi. The highest BCUT2D eigenvalue weighted by atomic mass is 28.3. The molecular weight excluding hydrogens is 234 g/mol. The molecule has 1 unspecified atom stereocenters. The number of fused-ring (bicyclic) bond motifs is 1. The lowest BCUT2D eigenvalue weighted by atomic mass is 9.71. The van der Waals surface area contributed by atoms with Gasteiger partial charge in [-0.1, -0.05) is 43.9 Å². The summed E-state index contributed by atoms with van der Waals surface area (Å²) in [6.07, 6.45) is 3.98. The molecule has 0 bridgehead atoms. The Morgan fingerprint density at radius 2 is 1.94 bits per heavy atom. The van der Waals surface area contributed by atoms with Crippen molar-refractivity contribution in [2.45, 2.75) is 50.4 Å². The number of aryl methyl sites for hydroxylation is 1. The van der Waals surface area contributed by atoms with Gasteiger partial charge in [-0.15, -0.1) is 0 Å². The number of benzene rings is 1. The number of rotatable bonds is 4. The standard InChI is InChI=1S/C16H27NSi/c1-17-12-16(13-18(2,3)4)11-7-9-14-8-5-6-10-15(14)16/h5-6,8,10,17H,7,9,11-13H2,1-4H3. The van der Waals surface area contributed by atoms with E-state index in [2.05, 4.69) is 56.3 Å². The molecule has 1 aromatic rings. The topological polar surface area (TPSA) is 12.0 Å². The summed E-state index contributed by atoms with van der Waals surface area (Å²) in [4.78, 5) is 0. The fourth-order valence-corrected chi connectivity index (χ4v) is 6.31. The van der Waals surface area contributed by atoms with E-state index in [1.807, 2.05) is 0 Å². The Morgan fingerprint density at radius 3 is 2.61 bits per heavy atom. The lowest BCUT2D eigenvalue weighted by molar-refractivity contribution is 0.376. The van der Waals surface area contributed by atoms with Crippen LogP contribution in [-0.4, -0.2) is 21.7 Å². The van der Waals surface area contributed by atoms with Gasteiger partial charge in [0, 0.05) is 20.0 Å². The van der Waals surface area contributed by atoms with Crippen molar-refractivity contribution >= 4 is 8.07 Å². The molecule has 100 valence electrons. The van der Waals surface area contributed by atoms with Gasteiger partial charge in [0.15, 0.2) is 0 Å². The van der Waals surface area contributed by atoms with Crippen LogP contribution >= 0.6 is 0 Å². The average Bonchev–Trinajstić information content (AvgIpc) is 2.28. The van der Waals surface area contributed by atoms with Crippen molar-refractivity contribution in [3.8, 4) is 0 Å². The molecule has 18 heavy (non-hydrogen) atoms. The summed E-state index contributed by atoms with van der Waals surface area (Å²) in [7, 11) is 1.04. The van der Waals surface area contributed by atoms with Gasteiger partial charge in [0.1, 0.15) is 0 Å². The van der Waals surface area contributed by atoms with Crippen molar-refractivity contribution in [2.75, 3.05) is 13.6 Å². The first-order chi connectivity index (χ1) is 8.47. The van der Waals surface area contributed by atoms with Gasteiger partial charge in [0.25, 0.3) is 0 Å². The molecule has 0 aromatic heterocycles. The molecule has 0 heterocycles. The van der Waals surface area contributed by atoms with E-state index < -0.39 is 8.07 Å². The van der Waals surface area contributed by atoms with Crippen LogP contribution < -0.4 is 5.32 Å². The second-order valence-corrected chi connectivity index (χ2v) is 12.5. The molecule has 1 aliphatic carbocycles. The van der Waals surface area contributed by atoms with Gasteiger partial charge in [-0.05, 0) is 43.5 Å². The third-order valence-electron chi connectivity index (χ3n) is 4.07. The zero-order chi connectivity index (χ0) is 13.2. The zero-order valence-electron chi connectivity index (χ0n) is 12.3. The number of nitrogens with one attached hydrogen (secondary N) is 1. The Bertz CT molecular complexity index is 408. The summed E-state index contributed by atoms with van der Waals surface area (Å²) in [5.74, 6) is 0. The molecule has 0 saturated heterocycles. The van der Waals surface area contributed by atoms with Crippen molar-refractivity contribution < 1.29 is 0 Å². The first-order valence-electron chi connectivity index (χ1n) is 7.20. The summed E-state index contributed by atoms with van der Waals surface area (Å²) >= 11 is 0. The minimum Gasteiger partial charge on any atom is -0.319 e. The SMILES string of the molecule is CNCC1(C[Si](C)(C)C)CCCc2ccccc21. The Balaban J connectivity index is 2.42. The van der Waals surface area contributed by atoms with E-state index in [9.17, 15) is 0 Å². The largest absolute Gasteiger partial charge is 0.319 e. The van der Waals surface area contributed by atoms with E-state index in [0.717, 1.165) is 6.54 Å². The summed E-state index contributed by atoms with van der Waals surface area (Å²) in [5, 5.41) is 3.46. The van der Waals surface area contributed by atoms with Gasteiger partial charge >= 0.3 is 0 Å². The molecule has 0 fully saturated rings. The lowest BCUT2D eigenvalue weighted by Gasteiger charge is -2.43. The number of likely N-dealkylation sites (N-methyl/N-ethyl adjacent to an activating group) is 1. The van der Waals surface area contributed by atoms with Crippen LogP contribution in [0.3, 0.4) is 0 Å². The second-order valence-electron chi connectivity index (χ2n) is 7.06. The van der Waals surface area contributed by atoms with Crippen LogP contribution in [0.25, 0.3) is 0 Å². The van der Waals surface area contributed by atoms with E-state index in [1.165, 1.54) is 25.3 Å². The smallest absolute Gasteiger partial charge is 0.0451 e. The minimum absolute atomic E-state index is 0.397. The van der Waals surface area contributed by atoms with Crippen LogP contribution in [0.5, 0.6) is 0 Å². The lowest BCUT2D eigenvalue weighted by Crippen LogP contribution is -2.45. The monoisotopic (exact) mass is 261 g/mol. The van der Waals surface area contributed by atoms with E-state index in [4.69, 9.17) is 0 Å². The van der Waals surface area contributed by atoms with Crippen molar-refractivity contribution in [1.82, 2.24) is 5.32 Å². The molecule has 2 heteroatoms. The van der Waals surface area contributed by atoms with Gasteiger partial charge in [0.05, 0.1) is 0 Å². The van der Waals surface area contributed by atoms with Crippen molar-refractivity contribution in [2.24, 2.45) is 0 Å². The first kappa shape index (κ1) is 13.8. The van der Waals surface area contributed by atoms with Crippen LogP contribution in [0.2, 0.25) is 25.7 Å². The third-order valence-corrected chi connectivity index (χ3v) is 5.81. The molecule has 0 aliphatic heterocycles. The first-order valence-corrected chi connectivity index (χ1v) is 10.9. The van der Waals surface area contributed by atoms with Gasteiger partial charge in [0.2, 0.25) is 0 Å². The van der Waals surface area contributed by atoms with E-state index in [-0.39, 0.29) is 0 Å². The summed E-state index contributed by atoms with van der Waals surface area (Å²) < 4.78 is 0. The van der Waals surface area contributed by atoms with Crippen molar-refractivity contribution in [3.05, 3.63) is 35.4 Å². The molecule has 1 aromatic carbocycles. The van der Waals surface area contributed by atoms with E-state index in [0.29, 0.717) is 5.41 Å². The Morgan fingerprint density at radius 1 is 1.22 bits per heavy atom. The maximum atomic E-state index is 3.46. The molecule has 1 aliphatic rings. The summed E-state index contributed by atoms with van der Waals surface area (Å²) in [6, 6.07) is 10.5. The Hall–Kier alpha value is -0.603. The fraction of sp³-hybridized carbons (Fsp3) is 0.625. The molecule has 1 N–H and O–H groups in total. The average molecular weight is 261 g/mol. The van der Waals surface area contributed by atoms with Gasteiger partial charge in [-0.25, -0.2) is 0 Å². The van der Waals surface area contributed by atoms with Crippen molar-refractivity contribution in [3.63, 3.8) is 0 Å². The van der Waals surface area contributed by atoms with Crippen LogP contribution in [0, 0.1) is 0 Å². The minimum atomic E-state index is -1.06. The van der Waals surface area contributed by atoms with Gasteiger partial charge in [-0.3, -0.25) is 0 Å². The summed E-state index contributed by atoms with van der Waals surface area (Å²) in [6.45, 7) is 8.64. The Kier molecular flexibility index (Phi) is 3.98. The predicted molar refractivity (Wildman–Crippen MR) is 83.1 cm³/mol. The Labute approximate surface area is 113 Å². The van der Waals surface area contributed by atoms with Gasteiger partial charge in [-0.2, -0.15) is 0 Å². The van der Waals surface area contributed by atoms with E-state index in [1.54, 1.807) is 11.1 Å². The normalized spacial score (nSPS) is 23.8. The van der Waals surface area contributed by atoms with E-state index >= 15 is 0 Å². The maximum Gasteiger partial charge on any atom is 0.0451 e. The predicted octanol–water partition coefficient (Wildman–Crippen LogP) is 3.82. The quantitative estimate of drug-likeness (QED) is 0.813. The zero-order valence-corrected chi connectivity index (χ0v) is 13.3. The number of hydrogen-bond acceptors (Lipinski definition) is 1. The van der Waals surface area contributed by atoms with Crippen LogP contribution in [0.1, 0.15) is 24.0 Å². The molecule has 0 amide bonds. The summed E-state index contributed by atoms with van der Waals surface area (Å²) in [5.41, 5.74) is 3.62. The molecule has 0 radical (unpaired) electrons. The molecule has 0 saturated carbocycles. The number of hydrogen-bond donors (Lipinski definition) is 1. The molecule has 1 atom stereocenters. The highest BCUT2D eigenvalue weighted by Crippen LogP contribution is 2.42. The molecule has 2 rings (SSSR count). The fourth-order valence-electron chi connectivity index (χ4n) is 3.79. The maximum absolute atomic E-state index is 3.46. The molecule has 0 spiro atoms. The highest BCUT2D eigenvalue weighted by Gasteiger charge is 2.39. The van der Waals surface area contributed by atoms with Crippen LogP contribution in [0.4, 0.5) is 0 Å². The highest BCUT2D eigenvalue weighted by molar-refractivity contribution is 6.76. The second kappa shape index (κ2) is 5.18. The van der Waals surface area contributed by atoms with Crippen LogP contribution in [0.15, 0.2) is 24.3 Å². The third kappa shape index (κ3) is 2.86.